The number of nitrogens with zero attached hydrogens (tertiary/aromatic N) is 1. The third kappa shape index (κ3) is 5.20. The fraction of sp³-hybridized carbons (Fsp3) is 0.350. The quantitative estimate of drug-likeness (QED) is 0.785. The molecule has 2 rings (SSSR count). The number of aryl methyl sites for hydroxylation is 1. The number of halogens is 1. The van der Waals surface area contributed by atoms with Crippen molar-refractivity contribution in [3.8, 4) is 11.5 Å². The van der Waals surface area contributed by atoms with Gasteiger partial charge in [-0.05, 0) is 41.8 Å². The van der Waals surface area contributed by atoms with Crippen molar-refractivity contribution in [1.82, 2.24) is 4.90 Å². The van der Waals surface area contributed by atoms with Gasteiger partial charge in [-0.3, -0.25) is 4.79 Å². The van der Waals surface area contributed by atoms with Crippen molar-refractivity contribution >= 4 is 5.91 Å². The third-order valence-electron chi connectivity index (χ3n) is 4.18. The average molecular weight is 361 g/mol. The predicted molar refractivity (Wildman–Crippen MR) is 96.9 cm³/mol. The second-order valence-corrected chi connectivity index (χ2v) is 6.03. The van der Waals surface area contributed by atoms with E-state index in [0.29, 0.717) is 23.5 Å². The summed E-state index contributed by atoms with van der Waals surface area (Å²) in [7, 11) is 4.70. The van der Waals surface area contributed by atoms with E-state index in [1.807, 2.05) is 0 Å². The molecule has 26 heavy (non-hydrogen) atoms. The van der Waals surface area contributed by atoms with Crippen molar-refractivity contribution < 1.29 is 23.8 Å². The molecule has 5 nitrogen and oxygen atoms in total. The average Bonchev–Trinajstić information content (AvgIpc) is 2.65. The van der Waals surface area contributed by atoms with Gasteiger partial charge in [-0.1, -0.05) is 18.2 Å². The van der Waals surface area contributed by atoms with Crippen molar-refractivity contribution in [2.75, 3.05) is 27.8 Å². The molecule has 0 aliphatic carbocycles. The Morgan fingerprint density at radius 2 is 1.88 bits per heavy atom. The molecule has 2 aromatic carbocycles. The number of carbonyl (C=O) groups is 1. The van der Waals surface area contributed by atoms with Crippen LogP contribution in [-0.4, -0.2) is 43.7 Å². The summed E-state index contributed by atoms with van der Waals surface area (Å²) >= 11 is 0. The molecule has 2 aromatic rings. The summed E-state index contributed by atoms with van der Waals surface area (Å²) in [4.78, 5) is 13.7. The first-order valence-corrected chi connectivity index (χ1v) is 8.33. The molecule has 0 heterocycles. The van der Waals surface area contributed by atoms with Crippen LogP contribution in [0.5, 0.6) is 11.5 Å². The van der Waals surface area contributed by atoms with Crippen molar-refractivity contribution in [2.45, 2.75) is 18.9 Å². The molecule has 0 aromatic heterocycles. The highest BCUT2D eigenvalue weighted by atomic mass is 19.1. The number of benzene rings is 2. The second kappa shape index (κ2) is 9.20. The number of hydrogen-bond donors (Lipinski definition) is 1. The summed E-state index contributed by atoms with van der Waals surface area (Å²) in [6.07, 6.45) is -0.149. The minimum atomic E-state index is -0.849. The number of aliphatic hydroxyl groups excluding tert-OH is 1. The van der Waals surface area contributed by atoms with Crippen molar-refractivity contribution in [3.63, 3.8) is 0 Å². The van der Waals surface area contributed by atoms with Gasteiger partial charge in [0.25, 0.3) is 0 Å². The first kappa shape index (κ1) is 19.7. The van der Waals surface area contributed by atoms with Gasteiger partial charge in [0.15, 0.2) is 11.5 Å². The standard InChI is InChI=1S/C20H24FNO4/c1-22(20(24)10-7-14-5-4-6-16(21)11-14)13-17(23)15-8-9-18(25-2)19(12-15)26-3/h4-6,8-9,11-12,17,23H,7,10,13H2,1-3H3. The van der Waals surface area contributed by atoms with E-state index in [9.17, 15) is 14.3 Å². The maximum absolute atomic E-state index is 13.2. The van der Waals surface area contributed by atoms with Crippen molar-refractivity contribution in [3.05, 3.63) is 59.4 Å². The lowest BCUT2D eigenvalue weighted by atomic mass is 10.1. The van der Waals surface area contributed by atoms with E-state index in [2.05, 4.69) is 0 Å². The van der Waals surface area contributed by atoms with Crippen LogP contribution in [0.1, 0.15) is 23.7 Å². The van der Waals surface area contributed by atoms with Gasteiger partial charge in [0.1, 0.15) is 5.82 Å². The molecule has 0 radical (unpaired) electrons. The van der Waals surface area contributed by atoms with Crippen molar-refractivity contribution in [2.24, 2.45) is 0 Å². The van der Waals surface area contributed by atoms with Crippen LogP contribution >= 0.6 is 0 Å². The van der Waals surface area contributed by atoms with E-state index >= 15 is 0 Å². The van der Waals surface area contributed by atoms with E-state index in [1.54, 1.807) is 44.5 Å². The van der Waals surface area contributed by atoms with Gasteiger partial charge >= 0.3 is 0 Å². The fourth-order valence-electron chi connectivity index (χ4n) is 2.66. The second-order valence-electron chi connectivity index (χ2n) is 6.03. The lowest BCUT2D eigenvalue weighted by molar-refractivity contribution is -0.131. The molecule has 0 spiro atoms. The fourth-order valence-corrected chi connectivity index (χ4v) is 2.66. The Morgan fingerprint density at radius 3 is 2.54 bits per heavy atom. The van der Waals surface area contributed by atoms with Crippen molar-refractivity contribution in [1.29, 1.82) is 0 Å². The Bertz CT molecular complexity index is 750. The normalized spacial score (nSPS) is 11.7. The Hall–Kier alpha value is -2.60. The minimum absolute atomic E-state index is 0.117. The molecule has 1 atom stereocenters. The van der Waals surface area contributed by atoms with Gasteiger partial charge in [-0.25, -0.2) is 4.39 Å². The van der Waals surface area contributed by atoms with E-state index in [-0.39, 0.29) is 24.7 Å². The number of methoxy groups -OCH3 is 2. The summed E-state index contributed by atoms with van der Waals surface area (Å²) in [5.41, 5.74) is 1.40. The van der Waals surface area contributed by atoms with Crippen LogP contribution in [0.2, 0.25) is 0 Å². The minimum Gasteiger partial charge on any atom is -0.493 e. The molecule has 1 N–H and O–H groups in total. The highest BCUT2D eigenvalue weighted by Gasteiger charge is 2.17. The Morgan fingerprint density at radius 1 is 1.15 bits per heavy atom. The molecule has 0 saturated heterocycles. The summed E-state index contributed by atoms with van der Waals surface area (Å²) in [6.45, 7) is 0.150. The number of carbonyl (C=O) groups excluding carboxylic acids is 1. The number of ether oxygens (including phenoxy) is 2. The number of amides is 1. The maximum atomic E-state index is 13.2. The number of rotatable bonds is 8. The van der Waals surface area contributed by atoms with Crippen LogP contribution in [0.4, 0.5) is 4.39 Å². The van der Waals surface area contributed by atoms with Crippen LogP contribution in [0, 0.1) is 5.82 Å². The molecule has 1 amide bonds. The molecule has 1 unspecified atom stereocenters. The van der Waals surface area contributed by atoms with Gasteiger partial charge in [0.2, 0.25) is 5.91 Å². The Balaban J connectivity index is 1.93. The monoisotopic (exact) mass is 361 g/mol. The number of hydrogen-bond acceptors (Lipinski definition) is 4. The molecular formula is C20H24FNO4. The van der Waals surface area contributed by atoms with Crippen LogP contribution in [0.15, 0.2) is 42.5 Å². The SMILES string of the molecule is COc1ccc(C(O)CN(C)C(=O)CCc2cccc(F)c2)cc1OC. The van der Waals surface area contributed by atoms with Gasteiger partial charge in [-0.15, -0.1) is 0 Å². The lowest BCUT2D eigenvalue weighted by Gasteiger charge is -2.22. The molecule has 0 saturated carbocycles. The van der Waals surface area contributed by atoms with Gasteiger partial charge < -0.3 is 19.5 Å². The zero-order chi connectivity index (χ0) is 19.1. The topological polar surface area (TPSA) is 59.0 Å². The molecule has 0 bridgehead atoms. The zero-order valence-corrected chi connectivity index (χ0v) is 15.2. The first-order valence-electron chi connectivity index (χ1n) is 8.33. The molecule has 140 valence electrons. The van der Waals surface area contributed by atoms with Crippen LogP contribution in [0.25, 0.3) is 0 Å². The number of aliphatic hydroxyl groups is 1. The molecule has 0 fully saturated rings. The third-order valence-corrected chi connectivity index (χ3v) is 4.18. The van der Waals surface area contributed by atoms with E-state index in [0.717, 1.165) is 5.56 Å². The number of likely N-dealkylation sites (N-methyl/N-ethyl adjacent to an activating group) is 1. The smallest absolute Gasteiger partial charge is 0.222 e. The highest BCUT2D eigenvalue weighted by Crippen LogP contribution is 2.30. The summed E-state index contributed by atoms with van der Waals surface area (Å²) in [6, 6.07) is 11.3. The summed E-state index contributed by atoms with van der Waals surface area (Å²) in [5.74, 6) is 0.660. The first-order chi connectivity index (χ1) is 12.4. The van der Waals surface area contributed by atoms with Gasteiger partial charge in [0, 0.05) is 13.5 Å². The molecule has 0 aliphatic heterocycles. The Kier molecular flexibility index (Phi) is 6.97. The van der Waals surface area contributed by atoms with Gasteiger partial charge in [0.05, 0.1) is 26.9 Å². The van der Waals surface area contributed by atoms with E-state index in [1.165, 1.54) is 24.1 Å². The summed E-state index contributed by atoms with van der Waals surface area (Å²) < 4.78 is 23.6. The molecular weight excluding hydrogens is 337 g/mol. The van der Waals surface area contributed by atoms with Gasteiger partial charge in [-0.2, -0.15) is 0 Å². The highest BCUT2D eigenvalue weighted by molar-refractivity contribution is 5.76. The lowest BCUT2D eigenvalue weighted by Crippen LogP contribution is -2.31. The summed E-state index contributed by atoms with van der Waals surface area (Å²) in [5, 5.41) is 10.4. The van der Waals surface area contributed by atoms with E-state index in [4.69, 9.17) is 9.47 Å². The van der Waals surface area contributed by atoms with Crippen LogP contribution in [-0.2, 0) is 11.2 Å². The van der Waals surface area contributed by atoms with Crippen LogP contribution < -0.4 is 9.47 Å². The van der Waals surface area contributed by atoms with Crippen LogP contribution in [0.3, 0.4) is 0 Å². The zero-order valence-electron chi connectivity index (χ0n) is 15.2. The molecule has 6 heteroatoms. The predicted octanol–water partition coefficient (Wildman–Crippen LogP) is 2.97. The van der Waals surface area contributed by atoms with E-state index < -0.39 is 6.10 Å². The molecule has 0 aliphatic rings. The maximum Gasteiger partial charge on any atom is 0.222 e. The Labute approximate surface area is 153 Å². The largest absolute Gasteiger partial charge is 0.493 e.